The maximum Gasteiger partial charge on any atom is 0.237 e. The van der Waals surface area contributed by atoms with Gasteiger partial charge in [0.15, 0.2) is 11.6 Å². The summed E-state index contributed by atoms with van der Waals surface area (Å²) in [5.74, 6) is -2.10. The van der Waals surface area contributed by atoms with Crippen LogP contribution >= 0.6 is 11.8 Å². The molecule has 1 amide bonds. The monoisotopic (exact) mass is 308 g/mol. The number of hydrogen-bond acceptors (Lipinski definition) is 3. The molecule has 0 aliphatic carbocycles. The predicted octanol–water partition coefficient (Wildman–Crippen LogP) is 3.67. The van der Waals surface area contributed by atoms with E-state index in [4.69, 9.17) is 5.73 Å². The predicted molar refractivity (Wildman–Crippen MR) is 81.2 cm³/mol. The van der Waals surface area contributed by atoms with E-state index in [0.29, 0.717) is 16.3 Å². The van der Waals surface area contributed by atoms with Gasteiger partial charge < -0.3 is 11.1 Å². The number of amides is 1. The van der Waals surface area contributed by atoms with Gasteiger partial charge >= 0.3 is 0 Å². The summed E-state index contributed by atoms with van der Waals surface area (Å²) in [6.45, 7) is 1.68. The fourth-order valence-corrected chi connectivity index (χ4v) is 2.55. The van der Waals surface area contributed by atoms with Crippen LogP contribution in [-0.4, -0.2) is 11.2 Å². The lowest BCUT2D eigenvalue weighted by Gasteiger charge is -2.13. The first-order chi connectivity index (χ1) is 9.97. The van der Waals surface area contributed by atoms with E-state index in [1.165, 1.54) is 6.07 Å². The average Bonchev–Trinajstić information content (AvgIpc) is 2.45. The molecule has 6 heteroatoms. The molecule has 3 nitrogen and oxygen atoms in total. The number of nitrogens with two attached hydrogens (primary N) is 1. The lowest BCUT2D eigenvalue weighted by atomic mass is 10.2. The Balaban J connectivity index is 2.02. The number of benzene rings is 2. The van der Waals surface area contributed by atoms with E-state index in [1.807, 2.05) is 0 Å². The number of para-hydroxylation sites is 2. The lowest BCUT2D eigenvalue weighted by Crippen LogP contribution is -2.22. The number of nitrogen functional groups attached to an aromatic ring is 1. The topological polar surface area (TPSA) is 55.1 Å². The number of halogens is 2. The zero-order valence-corrected chi connectivity index (χ0v) is 12.1. The van der Waals surface area contributed by atoms with Crippen LogP contribution in [0.4, 0.5) is 20.2 Å². The molecule has 0 spiro atoms. The number of carbonyl (C=O) groups excluding carboxylic acids is 1. The van der Waals surface area contributed by atoms with Crippen LogP contribution in [0.1, 0.15) is 6.92 Å². The second-order valence-electron chi connectivity index (χ2n) is 4.41. The highest BCUT2D eigenvalue weighted by Gasteiger charge is 2.16. The molecule has 0 saturated heterocycles. The van der Waals surface area contributed by atoms with Crippen molar-refractivity contribution in [1.29, 1.82) is 0 Å². The molecule has 0 fully saturated rings. The molecule has 2 rings (SSSR count). The first kappa shape index (κ1) is 15.3. The van der Waals surface area contributed by atoms with E-state index >= 15 is 0 Å². The van der Waals surface area contributed by atoms with Gasteiger partial charge in [0.05, 0.1) is 16.6 Å². The van der Waals surface area contributed by atoms with Crippen molar-refractivity contribution in [3.63, 3.8) is 0 Å². The maximum atomic E-state index is 13.1. The van der Waals surface area contributed by atoms with E-state index in [1.54, 1.807) is 31.2 Å². The smallest absolute Gasteiger partial charge is 0.237 e. The van der Waals surface area contributed by atoms with E-state index < -0.39 is 16.9 Å². The van der Waals surface area contributed by atoms with Crippen LogP contribution < -0.4 is 11.1 Å². The molecule has 0 heterocycles. The Morgan fingerprint density at radius 2 is 1.90 bits per heavy atom. The molecular weight excluding hydrogens is 294 g/mol. The molecule has 0 saturated carbocycles. The number of thioether (sulfide) groups is 1. The van der Waals surface area contributed by atoms with Crippen molar-refractivity contribution < 1.29 is 13.6 Å². The molecule has 3 N–H and O–H groups in total. The molecular formula is C15H14F2N2OS. The molecule has 0 bridgehead atoms. The fraction of sp³-hybridized carbons (Fsp3) is 0.133. The second kappa shape index (κ2) is 6.58. The molecule has 0 aliphatic heterocycles. The molecule has 1 atom stereocenters. The molecule has 1 unspecified atom stereocenters. The fourth-order valence-electron chi connectivity index (χ4n) is 1.65. The van der Waals surface area contributed by atoms with Crippen LogP contribution in [0.5, 0.6) is 0 Å². The van der Waals surface area contributed by atoms with Gasteiger partial charge in [0, 0.05) is 4.90 Å². The van der Waals surface area contributed by atoms with Crippen molar-refractivity contribution in [2.45, 2.75) is 17.1 Å². The summed E-state index contributed by atoms with van der Waals surface area (Å²) in [5, 5.41) is 2.23. The maximum absolute atomic E-state index is 13.1. The molecule has 0 aliphatic rings. The summed E-state index contributed by atoms with van der Waals surface area (Å²) in [4.78, 5) is 12.5. The number of nitrogens with one attached hydrogen (secondary N) is 1. The summed E-state index contributed by atoms with van der Waals surface area (Å²) in [7, 11) is 0. The third-order valence-corrected chi connectivity index (χ3v) is 3.89. The van der Waals surface area contributed by atoms with Crippen LogP contribution in [0.25, 0.3) is 0 Å². The Hall–Kier alpha value is -2.08. The SMILES string of the molecule is CC(Sc1ccc(F)c(F)c1)C(=O)Nc1ccccc1N. The van der Waals surface area contributed by atoms with E-state index in [-0.39, 0.29) is 5.91 Å². The van der Waals surface area contributed by atoms with Crippen molar-refractivity contribution >= 4 is 29.0 Å². The quantitative estimate of drug-likeness (QED) is 0.669. The number of carbonyl (C=O) groups is 1. The highest BCUT2D eigenvalue weighted by atomic mass is 32.2. The van der Waals surface area contributed by atoms with Crippen molar-refractivity contribution in [2.24, 2.45) is 0 Å². The van der Waals surface area contributed by atoms with Crippen LogP contribution in [0.3, 0.4) is 0 Å². The standard InChI is InChI=1S/C15H14F2N2OS/c1-9(21-10-6-7-11(16)12(17)8-10)15(20)19-14-5-3-2-4-13(14)18/h2-9H,18H2,1H3,(H,19,20). The normalized spacial score (nSPS) is 12.0. The van der Waals surface area contributed by atoms with E-state index in [2.05, 4.69) is 5.32 Å². The van der Waals surface area contributed by atoms with Gasteiger partial charge in [-0.3, -0.25) is 4.79 Å². The van der Waals surface area contributed by atoms with Gasteiger partial charge in [0.1, 0.15) is 0 Å². The molecule has 2 aromatic rings. The third kappa shape index (κ3) is 3.95. The van der Waals surface area contributed by atoms with Gasteiger partial charge in [-0.15, -0.1) is 11.8 Å². The molecule has 21 heavy (non-hydrogen) atoms. The second-order valence-corrected chi connectivity index (χ2v) is 5.83. The summed E-state index contributed by atoms with van der Waals surface area (Å²) in [6.07, 6.45) is 0. The molecule has 2 aromatic carbocycles. The van der Waals surface area contributed by atoms with E-state index in [9.17, 15) is 13.6 Å². The minimum atomic E-state index is -0.931. The average molecular weight is 308 g/mol. The van der Waals surface area contributed by atoms with Crippen molar-refractivity contribution in [3.8, 4) is 0 Å². The summed E-state index contributed by atoms with van der Waals surface area (Å²) in [5.41, 5.74) is 6.74. The van der Waals surface area contributed by atoms with Gasteiger partial charge in [-0.1, -0.05) is 12.1 Å². The molecule has 0 aromatic heterocycles. The minimum Gasteiger partial charge on any atom is -0.397 e. The Morgan fingerprint density at radius 1 is 1.19 bits per heavy atom. The summed E-state index contributed by atoms with van der Waals surface area (Å²) in [6, 6.07) is 10.5. The van der Waals surface area contributed by atoms with Gasteiger partial charge in [-0.05, 0) is 37.3 Å². The van der Waals surface area contributed by atoms with Crippen LogP contribution in [0.2, 0.25) is 0 Å². The molecule has 0 radical (unpaired) electrons. The minimum absolute atomic E-state index is 0.261. The van der Waals surface area contributed by atoms with Gasteiger partial charge in [0.25, 0.3) is 0 Å². The van der Waals surface area contributed by atoms with Gasteiger partial charge in [0.2, 0.25) is 5.91 Å². The van der Waals surface area contributed by atoms with Crippen LogP contribution in [-0.2, 0) is 4.79 Å². The number of rotatable bonds is 4. The van der Waals surface area contributed by atoms with Crippen LogP contribution in [0, 0.1) is 11.6 Å². The highest BCUT2D eigenvalue weighted by Crippen LogP contribution is 2.26. The number of anilines is 2. The summed E-state index contributed by atoms with van der Waals surface area (Å²) >= 11 is 1.14. The zero-order chi connectivity index (χ0) is 15.4. The van der Waals surface area contributed by atoms with Crippen molar-refractivity contribution in [3.05, 3.63) is 54.1 Å². The first-order valence-electron chi connectivity index (χ1n) is 6.24. The zero-order valence-electron chi connectivity index (χ0n) is 11.3. The summed E-state index contributed by atoms with van der Waals surface area (Å²) < 4.78 is 26.0. The lowest BCUT2D eigenvalue weighted by molar-refractivity contribution is -0.115. The van der Waals surface area contributed by atoms with Gasteiger partial charge in [-0.25, -0.2) is 8.78 Å². The van der Waals surface area contributed by atoms with E-state index in [0.717, 1.165) is 23.9 Å². The Bertz CT molecular complexity index is 664. The third-order valence-electron chi connectivity index (χ3n) is 2.79. The van der Waals surface area contributed by atoms with Crippen molar-refractivity contribution in [2.75, 3.05) is 11.1 Å². The number of hydrogen-bond donors (Lipinski definition) is 2. The van der Waals surface area contributed by atoms with Crippen LogP contribution in [0.15, 0.2) is 47.4 Å². The Morgan fingerprint density at radius 3 is 2.57 bits per heavy atom. The molecule has 110 valence electrons. The largest absolute Gasteiger partial charge is 0.397 e. The highest BCUT2D eigenvalue weighted by molar-refractivity contribution is 8.00. The Kier molecular flexibility index (Phi) is 4.80. The van der Waals surface area contributed by atoms with Crippen molar-refractivity contribution in [1.82, 2.24) is 0 Å². The Labute approximate surface area is 125 Å². The van der Waals surface area contributed by atoms with Gasteiger partial charge in [-0.2, -0.15) is 0 Å². The first-order valence-corrected chi connectivity index (χ1v) is 7.12.